The Balaban J connectivity index is 3.04. The average Bonchev–Trinajstić information content (AvgIpc) is 2.26. The van der Waals surface area contributed by atoms with Crippen molar-refractivity contribution >= 4 is 5.91 Å². The molecule has 0 unspecified atom stereocenters. The second kappa shape index (κ2) is 4.80. The van der Waals surface area contributed by atoms with Crippen LogP contribution in [0.2, 0.25) is 0 Å². The lowest BCUT2D eigenvalue weighted by Gasteiger charge is -2.15. The van der Waals surface area contributed by atoms with Crippen LogP contribution in [0.1, 0.15) is 27.8 Å². The Hall–Kier alpha value is -1.82. The van der Waals surface area contributed by atoms with Crippen molar-refractivity contribution in [2.45, 2.75) is 34.2 Å². The molecule has 0 heterocycles. The first-order valence-corrected chi connectivity index (χ1v) is 5.21. The lowest BCUT2D eigenvalue weighted by Crippen LogP contribution is -2.22. The van der Waals surface area contributed by atoms with Gasteiger partial charge in [-0.05, 0) is 55.5 Å². The van der Waals surface area contributed by atoms with Crippen molar-refractivity contribution in [1.82, 2.24) is 5.32 Å². The van der Waals surface area contributed by atoms with Crippen LogP contribution in [0.5, 0.6) is 0 Å². The van der Waals surface area contributed by atoms with Gasteiger partial charge in [-0.15, -0.1) is 0 Å². The van der Waals surface area contributed by atoms with Gasteiger partial charge in [0, 0.05) is 6.54 Å². The molecular weight excluding hydrogens is 200 g/mol. The molecule has 16 heavy (non-hydrogen) atoms. The van der Waals surface area contributed by atoms with Crippen molar-refractivity contribution in [2.24, 2.45) is 0 Å². The Morgan fingerprint density at radius 3 is 2.19 bits per heavy atom. The predicted octanol–water partition coefficient (Wildman–Crippen LogP) is 2.06. The van der Waals surface area contributed by atoms with Crippen LogP contribution >= 0.6 is 0 Å². The first-order chi connectivity index (χ1) is 7.47. The standard InChI is InChI=1S/C13H16N2O/c1-8-5-9(2)11(4)12(10(8)3)7-15-13(16)6-14/h5H,7H2,1-4H3,(H,15,16). The monoisotopic (exact) mass is 216 g/mol. The molecule has 1 aromatic carbocycles. The molecule has 0 aliphatic carbocycles. The maximum Gasteiger partial charge on any atom is 0.322 e. The van der Waals surface area contributed by atoms with Crippen LogP contribution in [0.25, 0.3) is 0 Å². The van der Waals surface area contributed by atoms with E-state index in [0.717, 1.165) is 5.56 Å². The molecule has 1 rings (SSSR count). The van der Waals surface area contributed by atoms with Crippen molar-refractivity contribution in [3.63, 3.8) is 0 Å². The smallest absolute Gasteiger partial charge is 0.322 e. The Morgan fingerprint density at radius 2 is 1.75 bits per heavy atom. The van der Waals surface area contributed by atoms with Gasteiger partial charge < -0.3 is 5.32 Å². The van der Waals surface area contributed by atoms with Crippen molar-refractivity contribution in [1.29, 1.82) is 5.26 Å². The minimum atomic E-state index is -0.585. The Kier molecular flexibility index (Phi) is 3.68. The molecule has 0 radical (unpaired) electrons. The molecule has 0 fully saturated rings. The van der Waals surface area contributed by atoms with Crippen LogP contribution < -0.4 is 5.32 Å². The molecule has 84 valence electrons. The molecule has 1 amide bonds. The molecule has 1 aromatic rings. The van der Waals surface area contributed by atoms with E-state index in [1.807, 2.05) is 13.8 Å². The SMILES string of the molecule is Cc1cc(C)c(C)c(CNC(=O)C#N)c1C. The van der Waals surface area contributed by atoms with Crippen LogP contribution in [0.4, 0.5) is 0 Å². The van der Waals surface area contributed by atoms with E-state index in [4.69, 9.17) is 5.26 Å². The van der Waals surface area contributed by atoms with Gasteiger partial charge in [-0.25, -0.2) is 0 Å². The molecule has 0 spiro atoms. The third kappa shape index (κ3) is 2.40. The normalized spacial score (nSPS) is 9.69. The highest BCUT2D eigenvalue weighted by atomic mass is 16.1. The van der Waals surface area contributed by atoms with Gasteiger partial charge in [0.1, 0.15) is 0 Å². The molecule has 1 N–H and O–H groups in total. The van der Waals surface area contributed by atoms with E-state index < -0.39 is 5.91 Å². The summed E-state index contributed by atoms with van der Waals surface area (Å²) in [5, 5.41) is 11.0. The fourth-order valence-corrected chi connectivity index (χ4v) is 1.77. The molecule has 0 saturated carbocycles. The first kappa shape index (κ1) is 12.3. The summed E-state index contributed by atoms with van der Waals surface area (Å²) in [6.07, 6.45) is 0. The minimum absolute atomic E-state index is 0.423. The van der Waals surface area contributed by atoms with E-state index in [-0.39, 0.29) is 0 Å². The zero-order valence-corrected chi connectivity index (χ0v) is 10.1. The number of hydrogen-bond donors (Lipinski definition) is 1. The highest BCUT2D eigenvalue weighted by molar-refractivity contribution is 5.91. The number of nitrogens with one attached hydrogen (secondary N) is 1. The van der Waals surface area contributed by atoms with Crippen molar-refractivity contribution in [3.8, 4) is 6.07 Å². The van der Waals surface area contributed by atoms with Crippen LogP contribution in [-0.4, -0.2) is 5.91 Å². The summed E-state index contributed by atoms with van der Waals surface area (Å²) in [5.41, 5.74) is 5.90. The third-order valence-corrected chi connectivity index (χ3v) is 3.05. The summed E-state index contributed by atoms with van der Waals surface area (Å²) < 4.78 is 0. The largest absolute Gasteiger partial charge is 0.339 e. The zero-order valence-electron chi connectivity index (χ0n) is 10.1. The van der Waals surface area contributed by atoms with E-state index >= 15 is 0 Å². The number of rotatable bonds is 2. The summed E-state index contributed by atoms with van der Waals surface area (Å²) in [6, 6.07) is 3.69. The average molecular weight is 216 g/mol. The number of carbonyl (C=O) groups is 1. The van der Waals surface area contributed by atoms with Gasteiger partial charge in [-0.3, -0.25) is 4.79 Å². The topological polar surface area (TPSA) is 52.9 Å². The van der Waals surface area contributed by atoms with E-state index in [1.54, 1.807) is 6.07 Å². The Bertz CT molecular complexity index is 444. The molecule has 0 bridgehead atoms. The third-order valence-electron chi connectivity index (χ3n) is 3.05. The maximum atomic E-state index is 10.9. The number of nitriles is 1. The number of nitrogens with zero attached hydrogens (tertiary/aromatic N) is 1. The van der Waals surface area contributed by atoms with Crippen LogP contribution in [0.3, 0.4) is 0 Å². The van der Waals surface area contributed by atoms with Gasteiger partial charge in [0.25, 0.3) is 0 Å². The van der Waals surface area contributed by atoms with E-state index in [1.165, 1.54) is 22.3 Å². The summed E-state index contributed by atoms with van der Waals surface area (Å²) in [7, 11) is 0. The lowest BCUT2D eigenvalue weighted by atomic mass is 9.94. The van der Waals surface area contributed by atoms with Crippen LogP contribution in [-0.2, 0) is 11.3 Å². The van der Waals surface area contributed by atoms with E-state index in [9.17, 15) is 4.79 Å². The molecule has 0 atom stereocenters. The first-order valence-electron chi connectivity index (χ1n) is 5.21. The molecule has 0 aliphatic heterocycles. The lowest BCUT2D eigenvalue weighted by molar-refractivity contribution is -0.116. The molecule has 0 saturated heterocycles. The quantitative estimate of drug-likeness (QED) is 0.769. The van der Waals surface area contributed by atoms with Gasteiger partial charge in [0.2, 0.25) is 0 Å². The van der Waals surface area contributed by atoms with E-state index in [0.29, 0.717) is 6.54 Å². The number of carbonyl (C=O) groups excluding carboxylic acids is 1. The fraction of sp³-hybridized carbons (Fsp3) is 0.385. The van der Waals surface area contributed by atoms with Gasteiger partial charge in [0.05, 0.1) is 0 Å². The Labute approximate surface area is 96.1 Å². The highest BCUT2D eigenvalue weighted by Gasteiger charge is 2.09. The van der Waals surface area contributed by atoms with E-state index in [2.05, 4.69) is 25.2 Å². The molecule has 3 nitrogen and oxygen atoms in total. The summed E-state index contributed by atoms with van der Waals surface area (Å²) in [5.74, 6) is -0.585. The number of aryl methyl sites for hydroxylation is 2. The van der Waals surface area contributed by atoms with Crippen molar-refractivity contribution in [3.05, 3.63) is 33.9 Å². The maximum absolute atomic E-state index is 10.9. The Morgan fingerprint density at radius 1 is 1.25 bits per heavy atom. The van der Waals surface area contributed by atoms with Crippen LogP contribution in [0.15, 0.2) is 6.07 Å². The zero-order chi connectivity index (χ0) is 12.3. The van der Waals surface area contributed by atoms with Gasteiger partial charge in [0.15, 0.2) is 6.07 Å². The highest BCUT2D eigenvalue weighted by Crippen LogP contribution is 2.21. The molecule has 0 aliphatic rings. The molecular formula is C13H16N2O. The number of hydrogen-bond acceptors (Lipinski definition) is 2. The molecule has 3 heteroatoms. The second-order valence-corrected chi connectivity index (χ2v) is 4.03. The van der Waals surface area contributed by atoms with Crippen molar-refractivity contribution < 1.29 is 4.79 Å². The minimum Gasteiger partial charge on any atom is -0.339 e. The fourth-order valence-electron chi connectivity index (χ4n) is 1.77. The number of benzene rings is 1. The van der Waals surface area contributed by atoms with Crippen LogP contribution in [0, 0.1) is 39.0 Å². The summed E-state index contributed by atoms with van der Waals surface area (Å²) in [6.45, 7) is 8.60. The van der Waals surface area contributed by atoms with Gasteiger partial charge in [-0.1, -0.05) is 6.07 Å². The molecule has 0 aromatic heterocycles. The second-order valence-electron chi connectivity index (χ2n) is 4.03. The van der Waals surface area contributed by atoms with Gasteiger partial charge in [-0.2, -0.15) is 5.26 Å². The predicted molar refractivity (Wildman–Crippen MR) is 62.8 cm³/mol. The summed E-state index contributed by atoms with van der Waals surface area (Å²) >= 11 is 0. The van der Waals surface area contributed by atoms with Gasteiger partial charge >= 0.3 is 5.91 Å². The van der Waals surface area contributed by atoms with Crippen molar-refractivity contribution in [2.75, 3.05) is 0 Å². The number of amides is 1. The summed E-state index contributed by atoms with van der Waals surface area (Å²) in [4.78, 5) is 10.9.